The molecule has 3 aromatic carbocycles. The number of phenolic OH excluding ortho intramolecular Hbond substituents is 1. The van der Waals surface area contributed by atoms with Gasteiger partial charge in [-0.1, -0.05) is 168 Å². The molecule has 2 aliphatic heterocycles. The van der Waals surface area contributed by atoms with Crippen LogP contribution in [0.15, 0.2) is 109 Å². The van der Waals surface area contributed by atoms with Gasteiger partial charge in [0.15, 0.2) is 5.71 Å². The van der Waals surface area contributed by atoms with Gasteiger partial charge in [-0.2, -0.15) is 4.58 Å². The van der Waals surface area contributed by atoms with Gasteiger partial charge in [0.2, 0.25) is 29.3 Å². The fourth-order valence-electron chi connectivity index (χ4n) is 15.1. The maximum Gasteiger partial charge on any atom is 0.326 e. The van der Waals surface area contributed by atoms with Crippen molar-refractivity contribution < 1.29 is 58.3 Å². The Balaban J connectivity index is 1.01. The minimum atomic E-state index is -1.35. The van der Waals surface area contributed by atoms with Crippen LogP contribution in [0.1, 0.15) is 254 Å². The summed E-state index contributed by atoms with van der Waals surface area (Å²) in [5.41, 5.74) is 7.89. The standard InChI is InChI=1S/C85H128N8O11/c1-15-62(75(97)87-54-30-27-38-68(78(100)101)90-80(104)91-69(79(102)103)49-44-60(2)94)57-82(6,7)50-33-35-64(77(99)89-59-61-45-47-65(95)48-46-61)58-83(8,9)51-32-34-63(56-81(3,4)5)76(98)88-53-29-17-16-28-52-86-74(96)43-22-19-31-55-93-71-40-26-24-37-67(71)85(12,13)73(93)42-21-18-20-41-72-84(10,11)66-36-23-25-39-70(66)92(72)14/h18,20-21,23-26,36-37,39-42,45-48,62-64,68-69H,15-17,19,22,27-35,38,43-44,49-59H2,1-14H3,(H8-,86,87,88,89,90,91,95,96,97,98,99,100,101,102,103,104)/p+1/t62?,63?,64?,68-,69-/m0/s1. The van der Waals surface area contributed by atoms with Gasteiger partial charge in [0.25, 0.3) is 0 Å². The summed E-state index contributed by atoms with van der Waals surface area (Å²) in [6, 6.07) is 20.6. The van der Waals surface area contributed by atoms with Crippen LogP contribution in [-0.2, 0) is 50.9 Å². The molecule has 0 saturated heterocycles. The topological polar surface area (TPSA) is 276 Å². The molecule has 6 amide bonds. The van der Waals surface area contributed by atoms with Crippen molar-refractivity contribution in [2.24, 2.45) is 34.0 Å². The van der Waals surface area contributed by atoms with Crippen molar-refractivity contribution in [3.05, 3.63) is 126 Å². The number of hydrogen-bond donors (Lipinski definition) is 9. The summed E-state index contributed by atoms with van der Waals surface area (Å²) in [7, 11) is 2.15. The normalized spacial score (nSPS) is 16.0. The number of fused-ring (bicyclic) bond motifs is 2. The number of amides is 6. The highest BCUT2D eigenvalue weighted by Crippen LogP contribution is 2.48. The van der Waals surface area contributed by atoms with Gasteiger partial charge < -0.3 is 56.9 Å². The van der Waals surface area contributed by atoms with E-state index < -0.39 is 30.1 Å². The number of aromatic hydroxyl groups is 1. The van der Waals surface area contributed by atoms with Crippen LogP contribution >= 0.6 is 0 Å². The third kappa shape index (κ3) is 28.8. The SMILES string of the molecule is CCC(CC(C)(C)CCCC(CC(C)(C)CCCC(CC(C)(C)C)C(=O)NCCCCCCNC(=O)CCCCCN1C(=CC=CC=CC2=[N+](C)c3ccccc3C2(C)C)C(C)(C)c2ccccc21)C(=O)NCc1ccc(O)cc1)C(=O)NCCCC[C@H](NC(=O)N[C@@H](CCC(C)=O)C(=O)O)C(=O)O. The van der Waals surface area contributed by atoms with E-state index in [-0.39, 0.29) is 99.3 Å². The smallest absolute Gasteiger partial charge is 0.326 e. The predicted molar refractivity (Wildman–Crippen MR) is 417 cm³/mol. The van der Waals surface area contributed by atoms with Gasteiger partial charge in [0.05, 0.1) is 5.41 Å². The lowest BCUT2D eigenvalue weighted by Crippen LogP contribution is -2.51. The van der Waals surface area contributed by atoms with Crippen LogP contribution in [0.25, 0.3) is 0 Å². The molecule has 3 aromatic rings. The van der Waals surface area contributed by atoms with Crippen LogP contribution in [0.4, 0.5) is 16.2 Å². The molecule has 3 unspecified atom stereocenters. The second-order valence-electron chi connectivity index (χ2n) is 33.1. The van der Waals surface area contributed by atoms with E-state index >= 15 is 0 Å². The fourth-order valence-corrected chi connectivity index (χ4v) is 15.1. The van der Waals surface area contributed by atoms with Crippen LogP contribution < -0.4 is 36.8 Å². The van der Waals surface area contributed by atoms with Crippen molar-refractivity contribution in [1.82, 2.24) is 31.9 Å². The monoisotopic (exact) mass is 1440 g/mol. The number of Topliss-reactive ketones (excluding diaryl/α,β-unsaturated/α-hetero) is 1. The lowest BCUT2D eigenvalue weighted by Gasteiger charge is -2.32. The third-order valence-corrected chi connectivity index (χ3v) is 21.0. The Labute approximate surface area is 622 Å². The second-order valence-corrected chi connectivity index (χ2v) is 33.1. The first-order valence-corrected chi connectivity index (χ1v) is 38.6. The van der Waals surface area contributed by atoms with Gasteiger partial charge >= 0.3 is 18.0 Å². The number of carbonyl (C=O) groups is 8. The summed E-state index contributed by atoms with van der Waals surface area (Å²) in [6.07, 6.45) is 25.8. The Bertz CT molecular complexity index is 3450. The summed E-state index contributed by atoms with van der Waals surface area (Å²) in [5, 5.41) is 46.2. The maximum absolute atomic E-state index is 14.2. The molecule has 2 heterocycles. The quantitative estimate of drug-likeness (QED) is 0.0145. The molecule has 0 aliphatic carbocycles. The first kappa shape index (κ1) is 86.6. The average molecular weight is 1440 g/mol. The van der Waals surface area contributed by atoms with Crippen molar-refractivity contribution >= 4 is 64.5 Å². The molecule has 0 radical (unpaired) electrons. The Morgan fingerprint density at radius 1 is 0.548 bits per heavy atom. The van der Waals surface area contributed by atoms with Crippen molar-refractivity contribution in [3.8, 4) is 5.75 Å². The summed E-state index contributed by atoms with van der Waals surface area (Å²) in [6.45, 7) is 30.5. The molecule has 5 atom stereocenters. The number of anilines is 1. The number of unbranched alkanes of at least 4 members (excludes halogenated alkanes) is 6. The molecule has 5 rings (SSSR count). The number of nitrogens with zero attached hydrogens (tertiary/aromatic N) is 2. The lowest BCUT2D eigenvalue weighted by molar-refractivity contribution is -0.401. The van der Waals surface area contributed by atoms with E-state index in [2.05, 4.69) is 203 Å². The number of para-hydroxylation sites is 2. The number of urea groups is 1. The molecule has 0 spiro atoms. The molecule has 0 bridgehead atoms. The predicted octanol–water partition coefficient (Wildman–Crippen LogP) is 15.6. The number of aliphatic carboxylic acids is 2. The fraction of sp³-hybridized carbons (Fsp3) is 0.612. The number of ketones is 1. The molecular weight excluding hydrogens is 1310 g/mol. The zero-order valence-corrected chi connectivity index (χ0v) is 65.5. The lowest BCUT2D eigenvalue weighted by atomic mass is 9.74. The van der Waals surface area contributed by atoms with Crippen LogP contribution in [0.3, 0.4) is 0 Å². The molecule has 0 fully saturated rings. The first-order valence-electron chi connectivity index (χ1n) is 38.6. The van der Waals surface area contributed by atoms with Gasteiger partial charge in [0.1, 0.15) is 30.7 Å². The Morgan fingerprint density at radius 3 is 1.66 bits per heavy atom. The number of carbonyl (C=O) groups excluding carboxylic acids is 6. The van der Waals surface area contributed by atoms with Crippen LogP contribution in [0.2, 0.25) is 0 Å². The molecule has 574 valence electrons. The highest BCUT2D eigenvalue weighted by atomic mass is 16.4. The number of nitrogens with one attached hydrogen (secondary N) is 6. The molecule has 0 saturated carbocycles. The van der Waals surface area contributed by atoms with Gasteiger partial charge in [-0.3, -0.25) is 19.2 Å². The molecule has 0 aromatic heterocycles. The zero-order chi connectivity index (χ0) is 76.8. The largest absolute Gasteiger partial charge is 0.508 e. The Kier molecular flexibility index (Phi) is 34.6. The Hall–Kier alpha value is -8.09. The highest BCUT2D eigenvalue weighted by Gasteiger charge is 2.43. The van der Waals surface area contributed by atoms with Crippen LogP contribution in [0.5, 0.6) is 5.75 Å². The van der Waals surface area contributed by atoms with E-state index in [1.54, 1.807) is 24.3 Å². The van der Waals surface area contributed by atoms with Crippen molar-refractivity contribution in [1.29, 1.82) is 0 Å². The molecule has 19 nitrogen and oxygen atoms in total. The van der Waals surface area contributed by atoms with E-state index in [0.29, 0.717) is 71.1 Å². The van der Waals surface area contributed by atoms with E-state index in [1.807, 2.05) is 6.92 Å². The van der Waals surface area contributed by atoms with E-state index in [4.69, 9.17) is 0 Å². The number of rotatable bonds is 47. The number of phenols is 1. The molecule has 19 heteroatoms. The van der Waals surface area contributed by atoms with Gasteiger partial charge in [-0.05, 0) is 175 Å². The van der Waals surface area contributed by atoms with Crippen molar-refractivity contribution in [2.75, 3.05) is 38.1 Å². The van der Waals surface area contributed by atoms with E-state index in [9.17, 15) is 53.7 Å². The Morgan fingerprint density at radius 2 is 1.08 bits per heavy atom. The maximum atomic E-state index is 14.2. The highest BCUT2D eigenvalue weighted by molar-refractivity contribution is 6.03. The summed E-state index contributed by atoms with van der Waals surface area (Å²) in [5.74, 6) is -3.35. The number of hydrogen-bond acceptors (Lipinski definition) is 10. The summed E-state index contributed by atoms with van der Waals surface area (Å²) in [4.78, 5) is 104. The zero-order valence-electron chi connectivity index (χ0n) is 65.5. The first-order chi connectivity index (χ1) is 49.0. The summed E-state index contributed by atoms with van der Waals surface area (Å²) >= 11 is 0. The molecule has 2 aliphatic rings. The van der Waals surface area contributed by atoms with Crippen molar-refractivity contribution in [3.63, 3.8) is 0 Å². The van der Waals surface area contributed by atoms with Crippen molar-refractivity contribution in [2.45, 2.75) is 267 Å². The third-order valence-electron chi connectivity index (χ3n) is 21.0. The van der Waals surface area contributed by atoms with Gasteiger partial charge in [0, 0.05) is 97.8 Å². The van der Waals surface area contributed by atoms with Gasteiger partial charge in [-0.15, -0.1) is 0 Å². The summed E-state index contributed by atoms with van der Waals surface area (Å²) < 4.78 is 2.30. The van der Waals surface area contributed by atoms with Crippen LogP contribution in [-0.4, -0.2) is 118 Å². The van der Waals surface area contributed by atoms with Gasteiger partial charge in [-0.25, -0.2) is 14.4 Å². The average Bonchev–Trinajstić information content (AvgIpc) is 1.61. The number of benzene rings is 3. The molecular formula is C85H129N8O11+. The molecule has 104 heavy (non-hydrogen) atoms. The molecule has 9 N–H and O–H groups in total. The minimum absolute atomic E-state index is 0.0303. The number of allylic oxidation sites excluding steroid dienone is 6. The number of carboxylic acids is 2. The van der Waals surface area contributed by atoms with E-state index in [1.165, 1.54) is 40.8 Å². The van der Waals surface area contributed by atoms with E-state index in [0.717, 1.165) is 95.6 Å². The second kappa shape index (κ2) is 41.6. The number of carboxylic acid groups (broad SMARTS) is 2. The minimum Gasteiger partial charge on any atom is -0.508 e. The van der Waals surface area contributed by atoms with Crippen LogP contribution in [0, 0.1) is 34.0 Å².